The minimum atomic E-state index is -3.16. The van der Waals surface area contributed by atoms with Gasteiger partial charge in [-0.3, -0.25) is 0 Å². The van der Waals surface area contributed by atoms with Crippen molar-refractivity contribution >= 4 is 10.0 Å². The van der Waals surface area contributed by atoms with E-state index >= 15 is 0 Å². The van der Waals surface area contributed by atoms with Gasteiger partial charge in [0.1, 0.15) is 0 Å². The fraction of sp³-hybridized carbons (Fsp3) is 0.600. The molecule has 1 heterocycles. The molecule has 106 valence electrons. The highest BCUT2D eigenvalue weighted by molar-refractivity contribution is 7.89. The zero-order chi connectivity index (χ0) is 14.1. The van der Waals surface area contributed by atoms with Crippen molar-refractivity contribution in [1.82, 2.24) is 4.31 Å². The minimum Gasteiger partial charge on any atom is -0.212 e. The number of fused-ring (bicyclic) bond motifs is 1. The van der Waals surface area contributed by atoms with Crippen LogP contribution in [0.1, 0.15) is 44.7 Å². The molecule has 4 heteroatoms. The lowest BCUT2D eigenvalue weighted by Gasteiger charge is -2.42. The molecule has 0 saturated carbocycles. The average molecular weight is 281 g/mol. The Morgan fingerprint density at radius 2 is 1.84 bits per heavy atom. The molecule has 0 fully saturated rings. The summed E-state index contributed by atoms with van der Waals surface area (Å²) < 4.78 is 26.7. The van der Waals surface area contributed by atoms with Crippen LogP contribution in [0.4, 0.5) is 0 Å². The Bertz CT molecular complexity index is 549. The van der Waals surface area contributed by atoms with E-state index in [1.54, 1.807) is 4.31 Å². The number of benzene rings is 1. The first-order chi connectivity index (χ1) is 8.87. The molecule has 0 N–H and O–H groups in total. The van der Waals surface area contributed by atoms with Gasteiger partial charge in [0, 0.05) is 12.1 Å². The second kappa shape index (κ2) is 5.25. The first-order valence-electron chi connectivity index (χ1n) is 6.94. The van der Waals surface area contributed by atoms with Gasteiger partial charge in [-0.15, -0.1) is 0 Å². The van der Waals surface area contributed by atoms with Gasteiger partial charge in [-0.2, -0.15) is 4.31 Å². The quantitative estimate of drug-likeness (QED) is 0.851. The van der Waals surface area contributed by atoms with Crippen LogP contribution in [0.25, 0.3) is 0 Å². The number of hydrogen-bond donors (Lipinski definition) is 0. The van der Waals surface area contributed by atoms with Crippen LogP contribution in [-0.4, -0.2) is 24.0 Å². The number of unbranched alkanes of at least 4 members (excludes halogenated alkanes) is 1. The summed E-state index contributed by atoms with van der Waals surface area (Å²) in [6.45, 7) is 6.57. The number of sulfonamides is 1. The van der Waals surface area contributed by atoms with E-state index in [0.717, 1.165) is 24.8 Å². The van der Waals surface area contributed by atoms with E-state index in [9.17, 15) is 8.42 Å². The molecule has 0 bridgehead atoms. The largest absolute Gasteiger partial charge is 0.214 e. The Labute approximate surface area is 116 Å². The first kappa shape index (κ1) is 14.5. The van der Waals surface area contributed by atoms with Gasteiger partial charge in [0.15, 0.2) is 0 Å². The molecule has 0 unspecified atom stereocenters. The molecule has 1 aromatic rings. The van der Waals surface area contributed by atoms with Crippen molar-refractivity contribution in [2.24, 2.45) is 0 Å². The molecule has 0 spiro atoms. The predicted molar refractivity (Wildman–Crippen MR) is 78.5 cm³/mol. The second-order valence-electron chi connectivity index (χ2n) is 5.93. The van der Waals surface area contributed by atoms with Gasteiger partial charge in [-0.05, 0) is 37.8 Å². The molecule has 1 aliphatic heterocycles. The average Bonchev–Trinajstić information content (AvgIpc) is 2.34. The number of hydrogen-bond acceptors (Lipinski definition) is 2. The van der Waals surface area contributed by atoms with Crippen molar-refractivity contribution in [3.8, 4) is 0 Å². The van der Waals surface area contributed by atoms with Gasteiger partial charge in [-0.1, -0.05) is 37.6 Å². The highest BCUT2D eigenvalue weighted by Crippen LogP contribution is 2.33. The van der Waals surface area contributed by atoms with Crippen LogP contribution in [0.3, 0.4) is 0 Å². The maximum absolute atomic E-state index is 12.5. The van der Waals surface area contributed by atoms with Gasteiger partial charge in [-0.25, -0.2) is 8.42 Å². The van der Waals surface area contributed by atoms with E-state index in [0.29, 0.717) is 6.54 Å². The molecule has 0 aromatic heterocycles. The summed E-state index contributed by atoms with van der Waals surface area (Å²) >= 11 is 0. The maximum Gasteiger partial charge on any atom is 0.214 e. The molecule has 3 nitrogen and oxygen atoms in total. The lowest BCUT2D eigenvalue weighted by atomic mass is 9.88. The molecule has 2 rings (SSSR count). The summed E-state index contributed by atoms with van der Waals surface area (Å²) in [5, 5.41) is 0. The van der Waals surface area contributed by atoms with Gasteiger partial charge in [0.05, 0.1) is 5.75 Å². The van der Waals surface area contributed by atoms with E-state index in [2.05, 4.69) is 6.07 Å². The summed E-state index contributed by atoms with van der Waals surface area (Å²) in [4.78, 5) is 0. The summed E-state index contributed by atoms with van der Waals surface area (Å²) in [5.41, 5.74) is 2.08. The van der Waals surface area contributed by atoms with Crippen LogP contribution in [-0.2, 0) is 23.0 Å². The maximum atomic E-state index is 12.5. The number of rotatable bonds is 4. The van der Waals surface area contributed by atoms with Crippen LogP contribution in [0.15, 0.2) is 24.3 Å². The summed E-state index contributed by atoms with van der Waals surface area (Å²) in [6.07, 6.45) is 2.43. The Hall–Kier alpha value is -0.870. The molecule has 1 aliphatic rings. The fourth-order valence-electron chi connectivity index (χ4n) is 2.72. The van der Waals surface area contributed by atoms with E-state index in [4.69, 9.17) is 0 Å². The standard InChI is InChI=1S/C15H23NO2S/c1-4-5-10-19(17,18)16-12-14-9-7-6-8-13(14)11-15(16,2)3/h6-9H,4-5,10-12H2,1-3H3. The van der Waals surface area contributed by atoms with Gasteiger partial charge < -0.3 is 0 Å². The monoisotopic (exact) mass is 281 g/mol. The molecule has 0 saturated heterocycles. The molecule has 0 atom stereocenters. The third-order valence-electron chi connectivity index (χ3n) is 3.82. The van der Waals surface area contributed by atoms with Crippen LogP contribution in [0.5, 0.6) is 0 Å². The summed E-state index contributed by atoms with van der Waals surface area (Å²) in [5.74, 6) is 0.259. The molecule has 1 aromatic carbocycles. The van der Waals surface area contributed by atoms with E-state index in [-0.39, 0.29) is 11.3 Å². The van der Waals surface area contributed by atoms with Gasteiger partial charge in [0.25, 0.3) is 0 Å². The summed E-state index contributed by atoms with van der Waals surface area (Å²) in [6, 6.07) is 8.14. The second-order valence-corrected chi connectivity index (χ2v) is 7.95. The Morgan fingerprint density at radius 3 is 2.47 bits per heavy atom. The van der Waals surface area contributed by atoms with Crippen molar-refractivity contribution in [2.75, 3.05) is 5.75 Å². The number of nitrogens with zero attached hydrogens (tertiary/aromatic N) is 1. The van der Waals surface area contributed by atoms with Crippen LogP contribution in [0.2, 0.25) is 0 Å². The van der Waals surface area contributed by atoms with Crippen molar-refractivity contribution in [3.05, 3.63) is 35.4 Å². The lowest BCUT2D eigenvalue weighted by Crippen LogP contribution is -2.52. The lowest BCUT2D eigenvalue weighted by molar-refractivity contribution is 0.202. The van der Waals surface area contributed by atoms with E-state index in [1.807, 2.05) is 39.0 Å². The molecular formula is C15H23NO2S. The smallest absolute Gasteiger partial charge is 0.212 e. The third kappa shape index (κ3) is 3.00. The van der Waals surface area contributed by atoms with Crippen molar-refractivity contribution < 1.29 is 8.42 Å². The zero-order valence-electron chi connectivity index (χ0n) is 12.0. The molecule has 0 radical (unpaired) electrons. The molecular weight excluding hydrogens is 258 g/mol. The van der Waals surface area contributed by atoms with Crippen molar-refractivity contribution in [1.29, 1.82) is 0 Å². The van der Waals surface area contributed by atoms with Crippen LogP contribution in [0, 0.1) is 0 Å². The topological polar surface area (TPSA) is 37.4 Å². The molecule has 0 aliphatic carbocycles. The Balaban J connectivity index is 2.32. The van der Waals surface area contributed by atoms with Gasteiger partial charge >= 0.3 is 0 Å². The zero-order valence-corrected chi connectivity index (χ0v) is 12.8. The van der Waals surface area contributed by atoms with Crippen molar-refractivity contribution in [3.63, 3.8) is 0 Å². The van der Waals surface area contributed by atoms with E-state index < -0.39 is 10.0 Å². The van der Waals surface area contributed by atoms with E-state index in [1.165, 1.54) is 5.56 Å². The Kier molecular flexibility index (Phi) is 4.02. The van der Waals surface area contributed by atoms with Crippen molar-refractivity contribution in [2.45, 2.75) is 52.1 Å². The SMILES string of the molecule is CCCCS(=O)(=O)N1Cc2ccccc2CC1(C)C. The normalized spacial score (nSPS) is 19.1. The predicted octanol–water partition coefficient (Wildman–Crippen LogP) is 2.95. The highest BCUT2D eigenvalue weighted by Gasteiger charge is 2.39. The Morgan fingerprint density at radius 1 is 1.21 bits per heavy atom. The molecule has 0 amide bonds. The summed E-state index contributed by atoms with van der Waals surface area (Å²) in [7, 11) is -3.16. The minimum absolute atomic E-state index is 0.259. The molecule has 19 heavy (non-hydrogen) atoms. The van der Waals surface area contributed by atoms with Gasteiger partial charge in [0.2, 0.25) is 10.0 Å². The van der Waals surface area contributed by atoms with Crippen LogP contribution >= 0.6 is 0 Å². The first-order valence-corrected chi connectivity index (χ1v) is 8.55. The third-order valence-corrected chi connectivity index (χ3v) is 5.92. The van der Waals surface area contributed by atoms with Crippen LogP contribution < -0.4 is 0 Å². The fourth-order valence-corrected chi connectivity index (χ4v) is 4.75. The highest BCUT2D eigenvalue weighted by atomic mass is 32.2.